The van der Waals surface area contributed by atoms with Gasteiger partial charge in [-0.25, -0.2) is 10.6 Å². The molecule has 0 fully saturated rings. The van der Waals surface area contributed by atoms with E-state index in [4.69, 9.17) is 5.84 Å². The Labute approximate surface area is 82.2 Å². The number of halogens is 1. The fraction of sp³-hybridized carbons (Fsp3) is 0.167. The summed E-state index contributed by atoms with van der Waals surface area (Å²) in [5, 5.41) is 2.58. The Morgan fingerprint density at radius 3 is 2.92 bits per heavy atom. The third kappa shape index (κ3) is 2.80. The number of amides is 2. The van der Waals surface area contributed by atoms with E-state index in [9.17, 15) is 4.79 Å². The van der Waals surface area contributed by atoms with E-state index in [2.05, 4.69) is 21.2 Å². The average Bonchev–Trinajstić information content (AvgIpc) is 2.47. The topological polar surface area (TPSA) is 67.1 Å². The smallest absolute Gasteiger partial charge is 0.329 e. The van der Waals surface area contributed by atoms with Crippen LogP contribution in [0.4, 0.5) is 4.79 Å². The zero-order valence-electron chi connectivity index (χ0n) is 6.13. The Bertz CT molecular complexity index is 276. The maximum absolute atomic E-state index is 10.6. The van der Waals surface area contributed by atoms with Crippen molar-refractivity contribution in [1.82, 2.24) is 10.7 Å². The van der Waals surface area contributed by atoms with Crippen molar-refractivity contribution < 1.29 is 4.79 Å². The van der Waals surface area contributed by atoms with Gasteiger partial charge in [0.25, 0.3) is 0 Å². The molecule has 1 aromatic heterocycles. The maximum atomic E-state index is 10.6. The molecule has 66 valence electrons. The third-order valence-electron chi connectivity index (χ3n) is 1.18. The Kier molecular flexibility index (Phi) is 3.51. The van der Waals surface area contributed by atoms with Crippen molar-refractivity contribution in [1.29, 1.82) is 0 Å². The molecule has 0 unspecified atom stereocenters. The van der Waals surface area contributed by atoms with Crippen molar-refractivity contribution in [2.75, 3.05) is 0 Å². The van der Waals surface area contributed by atoms with Crippen LogP contribution < -0.4 is 16.6 Å². The van der Waals surface area contributed by atoms with E-state index in [1.165, 1.54) is 0 Å². The predicted octanol–water partition coefficient (Wildman–Crippen LogP) is 1.18. The van der Waals surface area contributed by atoms with Crippen LogP contribution in [-0.4, -0.2) is 6.03 Å². The summed E-state index contributed by atoms with van der Waals surface area (Å²) < 4.78 is 1.05. The van der Waals surface area contributed by atoms with Gasteiger partial charge in [-0.3, -0.25) is 5.43 Å². The van der Waals surface area contributed by atoms with Crippen LogP contribution in [0.15, 0.2) is 15.9 Å². The highest BCUT2D eigenvalue weighted by Crippen LogP contribution is 2.21. The van der Waals surface area contributed by atoms with Gasteiger partial charge in [-0.2, -0.15) is 0 Å². The molecule has 0 aliphatic rings. The molecule has 0 aromatic carbocycles. The van der Waals surface area contributed by atoms with Crippen LogP contribution in [0.2, 0.25) is 0 Å². The van der Waals surface area contributed by atoms with Gasteiger partial charge in [0, 0.05) is 4.88 Å². The fourth-order valence-electron chi connectivity index (χ4n) is 0.665. The highest BCUT2D eigenvalue weighted by molar-refractivity contribution is 9.11. The second-order valence-corrected chi connectivity index (χ2v) is 4.58. The maximum Gasteiger partial charge on any atom is 0.329 e. The summed E-state index contributed by atoms with van der Waals surface area (Å²) in [5.41, 5.74) is 1.98. The Morgan fingerprint density at radius 1 is 1.67 bits per heavy atom. The van der Waals surface area contributed by atoms with Crippen LogP contribution in [0.5, 0.6) is 0 Å². The second kappa shape index (κ2) is 4.44. The Morgan fingerprint density at radius 2 is 2.42 bits per heavy atom. The SMILES string of the molecule is NNC(=O)NCc1ccc(Br)s1. The Hall–Kier alpha value is -0.590. The van der Waals surface area contributed by atoms with Crippen LogP contribution in [0.25, 0.3) is 0 Å². The molecular formula is C6H8BrN3OS. The Balaban J connectivity index is 2.38. The summed E-state index contributed by atoms with van der Waals surface area (Å²) in [5.74, 6) is 4.87. The van der Waals surface area contributed by atoms with Crippen molar-refractivity contribution in [2.45, 2.75) is 6.54 Å². The van der Waals surface area contributed by atoms with E-state index < -0.39 is 0 Å². The predicted molar refractivity (Wildman–Crippen MR) is 51.6 cm³/mol. The normalized spacial score (nSPS) is 9.50. The van der Waals surface area contributed by atoms with Gasteiger partial charge in [-0.15, -0.1) is 11.3 Å². The first-order valence-electron chi connectivity index (χ1n) is 3.21. The van der Waals surface area contributed by atoms with E-state index in [0.29, 0.717) is 6.54 Å². The van der Waals surface area contributed by atoms with Crippen molar-refractivity contribution in [3.63, 3.8) is 0 Å². The molecule has 0 aliphatic heterocycles. The minimum atomic E-state index is -0.375. The number of nitrogens with one attached hydrogen (secondary N) is 2. The molecule has 0 radical (unpaired) electrons. The molecule has 1 heterocycles. The lowest BCUT2D eigenvalue weighted by atomic mass is 10.5. The molecule has 0 atom stereocenters. The van der Waals surface area contributed by atoms with E-state index in [0.717, 1.165) is 8.66 Å². The summed E-state index contributed by atoms with van der Waals surface area (Å²) in [6, 6.07) is 3.49. The molecule has 0 saturated carbocycles. The lowest BCUT2D eigenvalue weighted by Crippen LogP contribution is -2.39. The number of thiophene rings is 1. The van der Waals surface area contributed by atoms with Crippen LogP contribution in [0.1, 0.15) is 4.88 Å². The molecular weight excluding hydrogens is 242 g/mol. The number of carbonyl (C=O) groups is 1. The average molecular weight is 250 g/mol. The highest BCUT2D eigenvalue weighted by Gasteiger charge is 1.99. The van der Waals surface area contributed by atoms with Gasteiger partial charge in [0.1, 0.15) is 0 Å². The monoisotopic (exact) mass is 249 g/mol. The molecule has 0 saturated heterocycles. The van der Waals surface area contributed by atoms with Crippen LogP contribution in [-0.2, 0) is 6.54 Å². The number of urea groups is 1. The van der Waals surface area contributed by atoms with Gasteiger partial charge in [-0.1, -0.05) is 0 Å². The quantitative estimate of drug-likeness (QED) is 0.419. The number of hydrogen-bond donors (Lipinski definition) is 3. The van der Waals surface area contributed by atoms with Gasteiger partial charge in [0.15, 0.2) is 0 Å². The van der Waals surface area contributed by atoms with Crippen molar-refractivity contribution in [2.24, 2.45) is 5.84 Å². The summed E-state index contributed by atoms with van der Waals surface area (Å²) in [7, 11) is 0. The zero-order chi connectivity index (χ0) is 8.97. The highest BCUT2D eigenvalue weighted by atomic mass is 79.9. The van der Waals surface area contributed by atoms with E-state index >= 15 is 0 Å². The van der Waals surface area contributed by atoms with Gasteiger partial charge in [0.05, 0.1) is 10.3 Å². The van der Waals surface area contributed by atoms with E-state index in [-0.39, 0.29) is 6.03 Å². The van der Waals surface area contributed by atoms with Crippen molar-refractivity contribution in [3.05, 3.63) is 20.8 Å². The van der Waals surface area contributed by atoms with Crippen molar-refractivity contribution >= 4 is 33.3 Å². The first kappa shape index (κ1) is 9.50. The van der Waals surface area contributed by atoms with E-state index in [1.807, 2.05) is 17.6 Å². The van der Waals surface area contributed by atoms with E-state index in [1.54, 1.807) is 11.3 Å². The fourth-order valence-corrected chi connectivity index (χ4v) is 2.09. The van der Waals surface area contributed by atoms with Crippen molar-refractivity contribution in [3.8, 4) is 0 Å². The molecule has 4 nitrogen and oxygen atoms in total. The van der Waals surface area contributed by atoms with Gasteiger partial charge in [-0.05, 0) is 28.1 Å². The molecule has 6 heteroatoms. The minimum absolute atomic E-state index is 0.375. The number of hydrazine groups is 1. The molecule has 2 amide bonds. The lowest BCUT2D eigenvalue weighted by Gasteiger charge is -2.00. The number of hydrogen-bond acceptors (Lipinski definition) is 3. The lowest BCUT2D eigenvalue weighted by molar-refractivity contribution is 0.241. The molecule has 1 rings (SSSR count). The molecule has 12 heavy (non-hydrogen) atoms. The van der Waals surface area contributed by atoms with Crippen LogP contribution in [0.3, 0.4) is 0 Å². The first-order valence-corrected chi connectivity index (χ1v) is 4.82. The third-order valence-corrected chi connectivity index (χ3v) is 2.81. The molecule has 0 spiro atoms. The minimum Gasteiger partial charge on any atom is -0.332 e. The van der Waals surface area contributed by atoms with Crippen LogP contribution in [0, 0.1) is 0 Å². The second-order valence-electron chi connectivity index (χ2n) is 2.03. The number of nitrogens with two attached hydrogens (primary N) is 1. The summed E-state index contributed by atoms with van der Waals surface area (Å²) >= 11 is 4.90. The molecule has 4 N–H and O–H groups in total. The number of carbonyl (C=O) groups excluding carboxylic acids is 1. The first-order chi connectivity index (χ1) is 5.72. The standard InChI is InChI=1S/C6H8BrN3OS/c7-5-2-1-4(12-5)3-9-6(11)10-8/h1-2H,3,8H2,(H2,9,10,11). The molecule has 0 aliphatic carbocycles. The molecule has 1 aromatic rings. The summed E-state index contributed by atoms with van der Waals surface area (Å²) in [6.07, 6.45) is 0. The number of rotatable bonds is 2. The van der Waals surface area contributed by atoms with Gasteiger partial charge in [0.2, 0.25) is 0 Å². The zero-order valence-corrected chi connectivity index (χ0v) is 8.54. The molecule has 0 bridgehead atoms. The van der Waals surface area contributed by atoms with Crippen LogP contribution >= 0.6 is 27.3 Å². The summed E-state index contributed by atoms with van der Waals surface area (Å²) in [6.45, 7) is 0.499. The van der Waals surface area contributed by atoms with Gasteiger partial charge < -0.3 is 5.32 Å². The summed E-state index contributed by atoms with van der Waals surface area (Å²) in [4.78, 5) is 11.7. The van der Waals surface area contributed by atoms with Gasteiger partial charge >= 0.3 is 6.03 Å². The largest absolute Gasteiger partial charge is 0.332 e.